The van der Waals surface area contributed by atoms with E-state index in [9.17, 15) is 9.90 Å². The van der Waals surface area contributed by atoms with E-state index in [0.29, 0.717) is 21.6 Å². The van der Waals surface area contributed by atoms with Crippen molar-refractivity contribution in [2.24, 2.45) is 11.3 Å². The summed E-state index contributed by atoms with van der Waals surface area (Å²) in [6.45, 7) is 8.56. The highest BCUT2D eigenvalue weighted by atomic mass is 79.9. The third-order valence-corrected chi connectivity index (χ3v) is 4.52. The topological polar surface area (TPSA) is 53.4 Å². The van der Waals surface area contributed by atoms with E-state index in [1.54, 1.807) is 12.3 Å². The second kappa shape index (κ2) is 5.72. The van der Waals surface area contributed by atoms with Crippen LogP contribution >= 0.6 is 15.9 Å². The molecule has 5 heteroatoms. The number of carboxylic acids is 1. The summed E-state index contributed by atoms with van der Waals surface area (Å²) in [5.41, 5.74) is 0.586. The smallest absolute Gasteiger partial charge is 0.339 e. The fourth-order valence-electron chi connectivity index (χ4n) is 2.80. The van der Waals surface area contributed by atoms with Gasteiger partial charge in [-0.05, 0) is 46.2 Å². The van der Waals surface area contributed by atoms with Crippen molar-refractivity contribution in [1.29, 1.82) is 0 Å². The molecule has 1 aliphatic rings. The molecule has 0 aliphatic carbocycles. The first kappa shape index (κ1) is 15.3. The van der Waals surface area contributed by atoms with Crippen LogP contribution in [0.15, 0.2) is 16.7 Å². The van der Waals surface area contributed by atoms with Crippen LogP contribution in [-0.2, 0) is 0 Å². The zero-order valence-corrected chi connectivity index (χ0v) is 13.8. The molecule has 1 aromatic rings. The van der Waals surface area contributed by atoms with Crippen LogP contribution in [0.25, 0.3) is 0 Å². The maximum absolute atomic E-state index is 11.4. The molecule has 1 aromatic heterocycles. The van der Waals surface area contributed by atoms with E-state index in [1.807, 2.05) is 0 Å². The third-order valence-electron chi connectivity index (χ3n) is 4.08. The number of carboxylic acid groups (broad SMARTS) is 1. The third kappa shape index (κ3) is 3.32. The fraction of sp³-hybridized carbons (Fsp3) is 0.600. The lowest BCUT2D eigenvalue weighted by Gasteiger charge is -2.39. The molecule has 2 heterocycles. The second-order valence-electron chi connectivity index (χ2n) is 6.46. The Balaban J connectivity index is 2.17. The summed E-state index contributed by atoms with van der Waals surface area (Å²) < 4.78 is 0.697. The number of pyridine rings is 1. The molecular formula is C15H21BrN2O2. The van der Waals surface area contributed by atoms with E-state index >= 15 is 0 Å². The largest absolute Gasteiger partial charge is 0.478 e. The lowest BCUT2D eigenvalue weighted by molar-refractivity contribution is 0.0696. The Morgan fingerprint density at radius 3 is 2.50 bits per heavy atom. The molecule has 20 heavy (non-hydrogen) atoms. The van der Waals surface area contributed by atoms with E-state index in [1.165, 1.54) is 0 Å². The van der Waals surface area contributed by atoms with Gasteiger partial charge >= 0.3 is 5.97 Å². The number of halogens is 1. The number of anilines is 1. The van der Waals surface area contributed by atoms with Crippen molar-refractivity contribution in [2.75, 3.05) is 18.0 Å². The van der Waals surface area contributed by atoms with Gasteiger partial charge in [-0.25, -0.2) is 9.78 Å². The highest BCUT2D eigenvalue weighted by molar-refractivity contribution is 9.10. The van der Waals surface area contributed by atoms with Crippen LogP contribution in [-0.4, -0.2) is 29.1 Å². The standard InChI is InChI=1S/C15H21BrN2O2/c1-15(2,3)10-4-6-18(7-5-10)13-12(14(19)20)8-11(16)9-17-13/h8-10H,4-7H2,1-3H3,(H,19,20). The van der Waals surface area contributed by atoms with Gasteiger partial charge in [0.1, 0.15) is 11.4 Å². The molecule has 1 aliphatic heterocycles. The Labute approximate surface area is 128 Å². The number of carbonyl (C=O) groups is 1. The predicted molar refractivity (Wildman–Crippen MR) is 83.3 cm³/mol. The Bertz CT molecular complexity index is 503. The minimum absolute atomic E-state index is 0.272. The van der Waals surface area contributed by atoms with Crippen molar-refractivity contribution < 1.29 is 9.90 Å². The van der Waals surface area contributed by atoms with E-state index < -0.39 is 5.97 Å². The molecule has 110 valence electrons. The summed E-state index contributed by atoms with van der Waals surface area (Å²) in [4.78, 5) is 17.8. The minimum Gasteiger partial charge on any atom is -0.478 e. The normalized spacial score (nSPS) is 17.3. The van der Waals surface area contributed by atoms with Gasteiger partial charge in [0.25, 0.3) is 0 Å². The average molecular weight is 341 g/mol. The molecule has 0 saturated carbocycles. The number of rotatable bonds is 2. The van der Waals surface area contributed by atoms with Crippen molar-refractivity contribution in [1.82, 2.24) is 4.98 Å². The second-order valence-corrected chi connectivity index (χ2v) is 7.37. The summed E-state index contributed by atoms with van der Waals surface area (Å²) in [5.74, 6) is 0.349. The van der Waals surface area contributed by atoms with Gasteiger partial charge in [-0.3, -0.25) is 0 Å². The summed E-state index contributed by atoms with van der Waals surface area (Å²) in [5, 5.41) is 9.31. The highest BCUT2D eigenvalue weighted by Crippen LogP contribution is 2.36. The van der Waals surface area contributed by atoms with Crippen molar-refractivity contribution >= 4 is 27.7 Å². The van der Waals surface area contributed by atoms with Crippen LogP contribution < -0.4 is 4.90 Å². The highest BCUT2D eigenvalue weighted by Gasteiger charge is 2.30. The predicted octanol–water partition coefficient (Wildman–Crippen LogP) is 3.80. The first-order chi connectivity index (χ1) is 9.29. The minimum atomic E-state index is -0.924. The van der Waals surface area contributed by atoms with E-state index in [2.05, 4.69) is 46.6 Å². The molecule has 0 unspecified atom stereocenters. The van der Waals surface area contributed by atoms with Gasteiger partial charge in [-0.15, -0.1) is 0 Å². The Hall–Kier alpha value is -1.10. The van der Waals surface area contributed by atoms with Gasteiger partial charge in [-0.1, -0.05) is 20.8 Å². The monoisotopic (exact) mass is 340 g/mol. The quantitative estimate of drug-likeness (QED) is 0.889. The van der Waals surface area contributed by atoms with Gasteiger partial charge < -0.3 is 10.0 Å². The van der Waals surface area contributed by atoms with Gasteiger partial charge in [0.15, 0.2) is 0 Å². The van der Waals surface area contributed by atoms with Crippen LogP contribution in [0.1, 0.15) is 44.0 Å². The lowest BCUT2D eigenvalue weighted by Crippen LogP contribution is -2.39. The molecule has 0 spiro atoms. The van der Waals surface area contributed by atoms with E-state index in [0.717, 1.165) is 25.9 Å². The molecule has 0 aromatic carbocycles. The molecular weight excluding hydrogens is 320 g/mol. The molecule has 2 rings (SSSR count). The van der Waals surface area contributed by atoms with Crippen LogP contribution in [0.4, 0.5) is 5.82 Å². The van der Waals surface area contributed by atoms with Crippen molar-refractivity contribution in [3.63, 3.8) is 0 Å². The fourth-order valence-corrected chi connectivity index (χ4v) is 3.13. The number of aromatic carboxylic acids is 1. The number of hydrogen-bond donors (Lipinski definition) is 1. The Kier molecular flexibility index (Phi) is 4.37. The summed E-state index contributed by atoms with van der Waals surface area (Å²) in [6, 6.07) is 1.63. The van der Waals surface area contributed by atoms with E-state index in [-0.39, 0.29) is 5.56 Å². The van der Waals surface area contributed by atoms with Crippen LogP contribution in [0.5, 0.6) is 0 Å². The Morgan fingerprint density at radius 1 is 1.40 bits per heavy atom. The molecule has 4 nitrogen and oxygen atoms in total. The molecule has 0 atom stereocenters. The number of piperidine rings is 1. The molecule has 1 N–H and O–H groups in total. The zero-order valence-electron chi connectivity index (χ0n) is 12.2. The van der Waals surface area contributed by atoms with Crippen molar-refractivity contribution in [2.45, 2.75) is 33.6 Å². The van der Waals surface area contributed by atoms with Crippen LogP contribution in [0.2, 0.25) is 0 Å². The maximum atomic E-state index is 11.4. The number of hydrogen-bond acceptors (Lipinski definition) is 3. The van der Waals surface area contributed by atoms with Gasteiger partial charge in [-0.2, -0.15) is 0 Å². The SMILES string of the molecule is CC(C)(C)C1CCN(c2ncc(Br)cc2C(=O)O)CC1. The average Bonchev–Trinajstić information content (AvgIpc) is 2.37. The van der Waals surface area contributed by atoms with Gasteiger partial charge in [0.2, 0.25) is 0 Å². The number of aromatic nitrogens is 1. The Morgan fingerprint density at radius 2 is 2.00 bits per heavy atom. The summed E-state index contributed by atoms with van der Waals surface area (Å²) >= 11 is 3.28. The lowest BCUT2D eigenvalue weighted by atomic mass is 9.75. The zero-order chi connectivity index (χ0) is 14.9. The molecule has 1 saturated heterocycles. The van der Waals surface area contributed by atoms with Crippen LogP contribution in [0.3, 0.4) is 0 Å². The van der Waals surface area contributed by atoms with Crippen LogP contribution in [0, 0.1) is 11.3 Å². The molecule has 0 bridgehead atoms. The molecule has 0 radical (unpaired) electrons. The first-order valence-corrected chi connectivity index (χ1v) is 7.72. The number of nitrogens with zero attached hydrogens (tertiary/aromatic N) is 2. The van der Waals surface area contributed by atoms with Gasteiger partial charge in [0.05, 0.1) is 0 Å². The molecule has 0 amide bonds. The maximum Gasteiger partial charge on any atom is 0.339 e. The van der Waals surface area contributed by atoms with E-state index in [4.69, 9.17) is 0 Å². The van der Waals surface area contributed by atoms with Crippen molar-refractivity contribution in [3.05, 3.63) is 22.3 Å². The summed E-state index contributed by atoms with van der Waals surface area (Å²) in [6.07, 6.45) is 3.83. The van der Waals surface area contributed by atoms with Crippen molar-refractivity contribution in [3.8, 4) is 0 Å². The summed E-state index contributed by atoms with van der Waals surface area (Å²) in [7, 11) is 0. The molecule has 1 fully saturated rings. The first-order valence-electron chi connectivity index (χ1n) is 6.93. The van der Waals surface area contributed by atoms with Gasteiger partial charge in [0, 0.05) is 23.8 Å².